The Morgan fingerprint density at radius 2 is 1.94 bits per heavy atom. The molecule has 186 valence electrons. The number of anilines is 3. The quantitative estimate of drug-likeness (QED) is 0.524. The maximum Gasteiger partial charge on any atom is 0.414 e. The van der Waals surface area contributed by atoms with E-state index >= 15 is 0 Å². The van der Waals surface area contributed by atoms with Gasteiger partial charge in [0.15, 0.2) is 11.6 Å². The summed E-state index contributed by atoms with van der Waals surface area (Å²) >= 11 is 0. The number of nitrogens with two attached hydrogens (primary N) is 1. The highest BCUT2D eigenvalue weighted by Crippen LogP contribution is 2.31. The second kappa shape index (κ2) is 10.7. The summed E-state index contributed by atoms with van der Waals surface area (Å²) in [5.74, 6) is -1.41. The fraction of sp³-hybridized carbons (Fsp3) is 0.476. The molecule has 0 spiro atoms. The number of carbonyl (C=O) groups excluding carboxylic acids is 2. The molecule has 1 aromatic heterocycles. The number of rotatable bonds is 9. The van der Waals surface area contributed by atoms with Crippen molar-refractivity contribution in [2.75, 3.05) is 61.9 Å². The van der Waals surface area contributed by atoms with Gasteiger partial charge in [0.25, 0.3) is 0 Å². The van der Waals surface area contributed by atoms with E-state index in [4.69, 9.17) is 15.0 Å². The molecule has 0 bridgehead atoms. The fourth-order valence-corrected chi connectivity index (χ4v) is 3.47. The Labute approximate surface area is 195 Å². The van der Waals surface area contributed by atoms with E-state index in [1.54, 1.807) is 39.0 Å². The van der Waals surface area contributed by atoms with Crippen molar-refractivity contribution in [3.8, 4) is 0 Å². The van der Waals surface area contributed by atoms with Crippen molar-refractivity contribution < 1.29 is 27.6 Å². The summed E-state index contributed by atoms with van der Waals surface area (Å²) in [7, 11) is 3.22. The van der Waals surface area contributed by atoms with Gasteiger partial charge in [0.1, 0.15) is 11.8 Å². The molecule has 0 aliphatic carbocycles. The summed E-state index contributed by atoms with van der Waals surface area (Å²) in [5.41, 5.74) is 5.99. The Hall–Kier alpha value is -3.45. The maximum absolute atomic E-state index is 15.0. The lowest BCUT2D eigenvalue weighted by Gasteiger charge is -2.31. The molecule has 13 heteroatoms. The number of nitrogens with one attached hydrogen (secondary N) is 1. The zero-order valence-electron chi connectivity index (χ0n) is 19.5. The highest BCUT2D eigenvalue weighted by atomic mass is 19.1. The molecule has 1 atom stereocenters. The topological polar surface area (TPSA) is 120 Å². The number of halogens is 2. The summed E-state index contributed by atoms with van der Waals surface area (Å²) in [5, 5.41) is 9.18. The van der Waals surface area contributed by atoms with Gasteiger partial charge in [0, 0.05) is 58.5 Å². The normalized spacial score (nSPS) is 15.6. The summed E-state index contributed by atoms with van der Waals surface area (Å²) < 4.78 is 40.0. The third-order valence-corrected chi connectivity index (χ3v) is 5.51. The van der Waals surface area contributed by atoms with E-state index in [0.29, 0.717) is 12.2 Å². The highest BCUT2D eigenvalue weighted by molar-refractivity contribution is 5.90. The van der Waals surface area contributed by atoms with Crippen molar-refractivity contribution in [1.29, 1.82) is 0 Å². The number of benzene rings is 1. The molecule has 3 N–H and O–H groups in total. The first kappa shape index (κ1) is 25.2. The van der Waals surface area contributed by atoms with Gasteiger partial charge in [-0.15, -0.1) is 0 Å². The van der Waals surface area contributed by atoms with E-state index in [0.717, 1.165) is 17.0 Å². The molecule has 0 unspecified atom stereocenters. The van der Waals surface area contributed by atoms with Gasteiger partial charge >= 0.3 is 12.1 Å². The van der Waals surface area contributed by atoms with Crippen LogP contribution in [0.5, 0.6) is 0 Å². The van der Waals surface area contributed by atoms with Crippen LogP contribution >= 0.6 is 0 Å². The van der Waals surface area contributed by atoms with Gasteiger partial charge in [-0.25, -0.2) is 23.4 Å². The number of urea groups is 1. The molecule has 1 aliphatic heterocycles. The van der Waals surface area contributed by atoms with E-state index in [-0.39, 0.29) is 43.4 Å². The molecule has 1 aliphatic rings. The zero-order chi connectivity index (χ0) is 25.0. The molecule has 2 aromatic rings. The smallest absolute Gasteiger partial charge is 0.414 e. The van der Waals surface area contributed by atoms with Gasteiger partial charge in [-0.2, -0.15) is 0 Å². The van der Waals surface area contributed by atoms with E-state index < -0.39 is 29.9 Å². The van der Waals surface area contributed by atoms with E-state index in [2.05, 4.69) is 10.5 Å². The Morgan fingerprint density at radius 3 is 2.47 bits per heavy atom. The number of carbonyl (C=O) groups is 2. The lowest BCUT2D eigenvalue weighted by Crippen LogP contribution is -2.46. The standard InChI is InChI=1S/C21H29F2N7O4/c1-5-29(7-6-27(3)28(4)20(31)25-18-8-13(2)26-34-18)19-16(22)9-14(10-17(19)23)30-12-15(11-24)33-21(30)32/h8-10,15H,5-7,11-12,24H2,1-4H3,(H,25,31)/t15-/m0/s1. The first-order valence-corrected chi connectivity index (χ1v) is 10.8. The van der Waals surface area contributed by atoms with Crippen molar-refractivity contribution in [1.82, 2.24) is 15.2 Å². The predicted octanol–water partition coefficient (Wildman–Crippen LogP) is 2.38. The highest BCUT2D eigenvalue weighted by Gasteiger charge is 2.33. The van der Waals surface area contributed by atoms with Crippen LogP contribution in [0.1, 0.15) is 12.6 Å². The Morgan fingerprint density at radius 1 is 1.26 bits per heavy atom. The largest absolute Gasteiger partial charge is 0.443 e. The van der Waals surface area contributed by atoms with E-state index in [9.17, 15) is 18.4 Å². The van der Waals surface area contributed by atoms with Crippen LogP contribution in [0.4, 0.5) is 35.6 Å². The molecule has 3 amide bonds. The average molecular weight is 482 g/mol. The second-order valence-electron chi connectivity index (χ2n) is 7.86. The number of aryl methyl sites for hydroxylation is 1. The maximum atomic E-state index is 15.0. The van der Waals surface area contributed by atoms with Crippen LogP contribution in [-0.2, 0) is 4.74 Å². The summed E-state index contributed by atoms with van der Waals surface area (Å²) in [6.07, 6.45) is -1.22. The molecule has 0 radical (unpaired) electrons. The molecule has 1 saturated heterocycles. The Balaban J connectivity index is 1.65. The number of amides is 3. The summed E-state index contributed by atoms with van der Waals surface area (Å²) in [6, 6.07) is 3.32. The summed E-state index contributed by atoms with van der Waals surface area (Å²) in [4.78, 5) is 27.1. The van der Waals surface area contributed by atoms with Gasteiger partial charge in [-0.05, 0) is 13.8 Å². The minimum Gasteiger partial charge on any atom is -0.443 e. The SMILES string of the molecule is CCN(CCN(C)N(C)C(=O)Nc1cc(C)no1)c1c(F)cc(N2C[C@H](CN)OC2=O)cc1F. The molecule has 34 heavy (non-hydrogen) atoms. The number of likely N-dealkylation sites (N-methyl/N-ethyl adjacent to an activating group) is 2. The molecule has 1 aromatic carbocycles. The van der Waals surface area contributed by atoms with Gasteiger partial charge in [0.2, 0.25) is 5.88 Å². The number of aromatic nitrogens is 1. The van der Waals surface area contributed by atoms with Gasteiger partial charge in [-0.3, -0.25) is 15.2 Å². The van der Waals surface area contributed by atoms with E-state index in [1.807, 2.05) is 0 Å². The lowest BCUT2D eigenvalue weighted by molar-refractivity contribution is 0.0724. The predicted molar refractivity (Wildman–Crippen MR) is 122 cm³/mol. The number of ether oxygens (including phenoxy) is 1. The average Bonchev–Trinajstić information content (AvgIpc) is 3.38. The van der Waals surface area contributed by atoms with Gasteiger partial charge in [-0.1, -0.05) is 5.16 Å². The van der Waals surface area contributed by atoms with Gasteiger partial charge in [0.05, 0.1) is 17.9 Å². The Bertz CT molecular complexity index is 1010. The Kier molecular flexibility index (Phi) is 7.89. The van der Waals surface area contributed by atoms with Crippen LogP contribution in [0.15, 0.2) is 22.7 Å². The molecule has 0 saturated carbocycles. The first-order valence-electron chi connectivity index (χ1n) is 10.8. The number of cyclic esters (lactones) is 1. The van der Waals surface area contributed by atoms with Crippen LogP contribution in [-0.4, -0.2) is 80.2 Å². The molecule has 1 fully saturated rings. The first-order chi connectivity index (χ1) is 16.1. The molecule has 11 nitrogen and oxygen atoms in total. The van der Waals surface area contributed by atoms with Crippen molar-refractivity contribution in [3.63, 3.8) is 0 Å². The number of hydrazine groups is 1. The lowest BCUT2D eigenvalue weighted by atomic mass is 10.2. The minimum absolute atomic E-state index is 0.0620. The third kappa shape index (κ3) is 5.54. The van der Waals surface area contributed by atoms with Crippen molar-refractivity contribution in [3.05, 3.63) is 35.5 Å². The zero-order valence-corrected chi connectivity index (χ0v) is 19.5. The molecule has 2 heterocycles. The van der Waals surface area contributed by atoms with Crippen LogP contribution in [0.2, 0.25) is 0 Å². The summed E-state index contributed by atoms with van der Waals surface area (Å²) in [6.45, 7) is 4.55. The second-order valence-corrected chi connectivity index (χ2v) is 7.86. The van der Waals surface area contributed by atoms with Crippen molar-refractivity contribution >= 4 is 29.4 Å². The van der Waals surface area contributed by atoms with Crippen LogP contribution in [0.25, 0.3) is 0 Å². The number of hydrogen-bond acceptors (Lipinski definition) is 8. The molecular formula is C21H29F2N7O4. The third-order valence-electron chi connectivity index (χ3n) is 5.51. The van der Waals surface area contributed by atoms with Gasteiger partial charge < -0.3 is 19.9 Å². The number of nitrogens with zero attached hydrogens (tertiary/aromatic N) is 5. The molecule has 3 rings (SSSR count). The minimum atomic E-state index is -0.810. The van der Waals surface area contributed by atoms with Crippen LogP contribution in [0, 0.1) is 18.6 Å². The monoisotopic (exact) mass is 481 g/mol. The number of hydrogen-bond donors (Lipinski definition) is 2. The van der Waals surface area contributed by atoms with Crippen molar-refractivity contribution in [2.45, 2.75) is 20.0 Å². The van der Waals surface area contributed by atoms with Crippen LogP contribution in [0.3, 0.4) is 0 Å². The van der Waals surface area contributed by atoms with Crippen LogP contribution < -0.4 is 20.9 Å². The molecular weight excluding hydrogens is 452 g/mol. The van der Waals surface area contributed by atoms with E-state index in [1.165, 1.54) is 9.91 Å². The van der Waals surface area contributed by atoms with Crippen molar-refractivity contribution in [2.24, 2.45) is 5.73 Å². The fourth-order valence-electron chi connectivity index (χ4n) is 3.47.